The molecule has 0 atom stereocenters. The summed E-state index contributed by atoms with van der Waals surface area (Å²) in [4.78, 5) is 18.6. The third kappa shape index (κ3) is 3.92. The van der Waals surface area contributed by atoms with Crippen LogP contribution in [0, 0.1) is 0 Å². The Morgan fingerprint density at radius 2 is 1.84 bits per heavy atom. The molecule has 5 rings (SSSR count). The maximum Gasteiger partial charge on any atom is 0.274 e. The quantitative estimate of drug-likeness (QED) is 0.479. The van der Waals surface area contributed by atoms with Gasteiger partial charge in [0.25, 0.3) is 11.8 Å². The Morgan fingerprint density at radius 3 is 2.55 bits per heavy atom. The van der Waals surface area contributed by atoms with E-state index >= 15 is 0 Å². The minimum Gasteiger partial charge on any atom is -0.487 e. The highest BCUT2D eigenvalue weighted by Crippen LogP contribution is 2.25. The van der Waals surface area contributed by atoms with E-state index in [1.54, 1.807) is 15.6 Å². The maximum atomic E-state index is 12.4. The molecule has 156 valence electrons. The van der Waals surface area contributed by atoms with Gasteiger partial charge in [-0.3, -0.25) is 9.48 Å². The maximum absolute atomic E-state index is 12.4. The smallest absolute Gasteiger partial charge is 0.274 e. The Labute approximate surface area is 179 Å². The molecule has 0 saturated carbocycles. The van der Waals surface area contributed by atoms with E-state index in [9.17, 15) is 4.79 Å². The van der Waals surface area contributed by atoms with Crippen molar-refractivity contribution in [1.82, 2.24) is 24.8 Å². The molecule has 1 saturated heterocycles. The summed E-state index contributed by atoms with van der Waals surface area (Å²) in [6, 6.07) is 18.9. The van der Waals surface area contributed by atoms with Crippen molar-refractivity contribution in [3.8, 4) is 28.6 Å². The van der Waals surface area contributed by atoms with Gasteiger partial charge in [-0.1, -0.05) is 23.4 Å². The highest BCUT2D eigenvalue weighted by atomic mass is 16.5. The molecule has 0 bridgehead atoms. The van der Waals surface area contributed by atoms with E-state index in [0.717, 1.165) is 23.4 Å². The van der Waals surface area contributed by atoms with Gasteiger partial charge in [-0.05, 0) is 49.4 Å². The largest absolute Gasteiger partial charge is 0.487 e. The van der Waals surface area contributed by atoms with Gasteiger partial charge in [0.15, 0.2) is 0 Å². The number of hydrogen-bond acceptors (Lipinski definition) is 6. The van der Waals surface area contributed by atoms with Crippen molar-refractivity contribution >= 4 is 5.91 Å². The molecule has 1 aliphatic rings. The van der Waals surface area contributed by atoms with Gasteiger partial charge in [0, 0.05) is 23.9 Å². The lowest BCUT2D eigenvalue weighted by molar-refractivity contribution is 0.0173. The lowest BCUT2D eigenvalue weighted by Gasteiger charge is -2.38. The van der Waals surface area contributed by atoms with Crippen LogP contribution in [-0.2, 0) is 6.54 Å². The Kier molecular flexibility index (Phi) is 4.95. The molecule has 0 unspecified atom stereocenters. The third-order valence-electron chi connectivity index (χ3n) is 5.18. The van der Waals surface area contributed by atoms with Gasteiger partial charge in [-0.25, -0.2) is 0 Å². The lowest BCUT2D eigenvalue weighted by Crippen LogP contribution is -2.56. The predicted molar refractivity (Wildman–Crippen MR) is 113 cm³/mol. The Bertz CT molecular complexity index is 1180. The third-order valence-corrected chi connectivity index (χ3v) is 5.18. The topological polar surface area (TPSA) is 86.3 Å². The van der Waals surface area contributed by atoms with E-state index in [4.69, 9.17) is 9.26 Å². The number of likely N-dealkylation sites (tertiary alicyclic amines) is 1. The number of aryl methyl sites for hydroxylation is 1. The molecular weight excluding hydrogens is 394 g/mol. The second-order valence-electron chi connectivity index (χ2n) is 7.32. The van der Waals surface area contributed by atoms with Gasteiger partial charge in [0.05, 0.1) is 13.1 Å². The zero-order valence-corrected chi connectivity index (χ0v) is 17.0. The van der Waals surface area contributed by atoms with Gasteiger partial charge in [0.2, 0.25) is 5.82 Å². The summed E-state index contributed by atoms with van der Waals surface area (Å²) in [6.45, 7) is 3.82. The van der Waals surface area contributed by atoms with Crippen LogP contribution in [0.4, 0.5) is 0 Å². The molecule has 1 fully saturated rings. The average molecular weight is 415 g/mol. The number of rotatable bonds is 6. The second kappa shape index (κ2) is 8.06. The fourth-order valence-electron chi connectivity index (χ4n) is 3.41. The van der Waals surface area contributed by atoms with E-state index in [2.05, 4.69) is 15.2 Å². The standard InChI is InChI=1S/C23H21N5O3/c1-2-28-13-12-20(25-28)23(29)27-14-19(15-27)30-18-10-8-16(9-11-18)21-24-22(31-26-21)17-6-4-3-5-7-17/h3-13,19H,2,14-15H2,1H3. The van der Waals surface area contributed by atoms with Crippen molar-refractivity contribution in [2.75, 3.05) is 13.1 Å². The van der Waals surface area contributed by atoms with Crippen LogP contribution >= 0.6 is 0 Å². The molecule has 1 aliphatic heterocycles. The first-order valence-electron chi connectivity index (χ1n) is 10.2. The van der Waals surface area contributed by atoms with Gasteiger partial charge in [-0.15, -0.1) is 0 Å². The lowest BCUT2D eigenvalue weighted by atomic mass is 10.1. The fraction of sp³-hybridized carbons (Fsp3) is 0.217. The zero-order chi connectivity index (χ0) is 21.2. The van der Waals surface area contributed by atoms with Crippen LogP contribution in [0.1, 0.15) is 17.4 Å². The summed E-state index contributed by atoms with van der Waals surface area (Å²) < 4.78 is 13.1. The van der Waals surface area contributed by atoms with Crippen molar-refractivity contribution in [1.29, 1.82) is 0 Å². The molecule has 4 aromatic rings. The zero-order valence-electron chi connectivity index (χ0n) is 17.0. The number of amides is 1. The Hall–Kier alpha value is -3.94. The molecule has 8 nitrogen and oxygen atoms in total. The van der Waals surface area contributed by atoms with Crippen LogP contribution in [0.2, 0.25) is 0 Å². The summed E-state index contributed by atoms with van der Waals surface area (Å²) in [5.41, 5.74) is 2.20. The number of carbonyl (C=O) groups is 1. The van der Waals surface area contributed by atoms with Gasteiger partial charge in [-0.2, -0.15) is 10.1 Å². The average Bonchev–Trinajstić information content (AvgIpc) is 3.47. The Morgan fingerprint density at radius 1 is 1.06 bits per heavy atom. The van der Waals surface area contributed by atoms with E-state index in [0.29, 0.717) is 30.5 Å². The fourth-order valence-corrected chi connectivity index (χ4v) is 3.41. The molecule has 0 spiro atoms. The monoisotopic (exact) mass is 415 g/mol. The number of aromatic nitrogens is 4. The molecular formula is C23H21N5O3. The van der Waals surface area contributed by atoms with Crippen LogP contribution in [0.15, 0.2) is 71.4 Å². The van der Waals surface area contributed by atoms with E-state index in [1.165, 1.54) is 0 Å². The second-order valence-corrected chi connectivity index (χ2v) is 7.32. The summed E-state index contributed by atoms with van der Waals surface area (Å²) in [5, 5.41) is 8.33. The minimum absolute atomic E-state index is 0.0297. The molecule has 3 heterocycles. The van der Waals surface area contributed by atoms with Crippen molar-refractivity contribution in [2.45, 2.75) is 19.6 Å². The number of benzene rings is 2. The van der Waals surface area contributed by atoms with Crippen molar-refractivity contribution in [3.05, 3.63) is 72.6 Å². The van der Waals surface area contributed by atoms with E-state index < -0.39 is 0 Å². The van der Waals surface area contributed by atoms with Gasteiger partial charge in [0.1, 0.15) is 17.5 Å². The highest BCUT2D eigenvalue weighted by Gasteiger charge is 2.33. The molecule has 1 amide bonds. The first kappa shape index (κ1) is 19.0. The molecule has 0 radical (unpaired) electrons. The van der Waals surface area contributed by atoms with Crippen LogP contribution in [-0.4, -0.2) is 49.9 Å². The normalized spacial score (nSPS) is 13.8. The molecule has 0 aliphatic carbocycles. The molecule has 2 aromatic carbocycles. The van der Waals surface area contributed by atoms with Crippen LogP contribution in [0.25, 0.3) is 22.8 Å². The molecule has 8 heteroatoms. The van der Waals surface area contributed by atoms with E-state index in [1.807, 2.05) is 67.7 Å². The SMILES string of the molecule is CCn1ccc(C(=O)N2CC(Oc3ccc(-c4noc(-c5ccccc5)n4)cc3)C2)n1. The Balaban J connectivity index is 1.17. The predicted octanol–water partition coefficient (Wildman–Crippen LogP) is 3.52. The first-order chi connectivity index (χ1) is 15.2. The first-order valence-corrected chi connectivity index (χ1v) is 10.2. The van der Waals surface area contributed by atoms with Crippen LogP contribution in [0.5, 0.6) is 5.75 Å². The van der Waals surface area contributed by atoms with E-state index in [-0.39, 0.29) is 12.0 Å². The highest BCUT2D eigenvalue weighted by molar-refractivity contribution is 5.92. The van der Waals surface area contributed by atoms with Crippen molar-refractivity contribution < 1.29 is 14.1 Å². The summed E-state index contributed by atoms with van der Waals surface area (Å²) in [6.07, 6.45) is 1.78. The van der Waals surface area contributed by atoms with Crippen molar-refractivity contribution in [3.63, 3.8) is 0 Å². The van der Waals surface area contributed by atoms with Crippen molar-refractivity contribution in [2.24, 2.45) is 0 Å². The molecule has 2 aromatic heterocycles. The number of ether oxygens (including phenoxy) is 1. The number of hydrogen-bond donors (Lipinski definition) is 0. The van der Waals surface area contributed by atoms with Gasteiger partial charge < -0.3 is 14.2 Å². The van der Waals surface area contributed by atoms with Gasteiger partial charge >= 0.3 is 0 Å². The van der Waals surface area contributed by atoms with Crippen LogP contribution in [0.3, 0.4) is 0 Å². The molecule has 0 N–H and O–H groups in total. The number of carbonyl (C=O) groups excluding carboxylic acids is 1. The summed E-state index contributed by atoms with van der Waals surface area (Å²) in [7, 11) is 0. The van der Waals surface area contributed by atoms with Crippen LogP contribution < -0.4 is 4.74 Å². The summed E-state index contributed by atoms with van der Waals surface area (Å²) in [5.74, 6) is 1.69. The number of nitrogens with zero attached hydrogens (tertiary/aromatic N) is 5. The molecule has 31 heavy (non-hydrogen) atoms. The minimum atomic E-state index is -0.0614. The summed E-state index contributed by atoms with van der Waals surface area (Å²) >= 11 is 0.